The van der Waals surface area contributed by atoms with Crippen molar-refractivity contribution in [1.82, 2.24) is 5.32 Å². The van der Waals surface area contributed by atoms with Gasteiger partial charge >= 0.3 is 0 Å². The average molecular weight is 227 g/mol. The van der Waals surface area contributed by atoms with Crippen molar-refractivity contribution in [1.29, 1.82) is 0 Å². The Labute approximate surface area is 94.5 Å². The Morgan fingerprint density at radius 2 is 2.00 bits per heavy atom. The van der Waals surface area contributed by atoms with E-state index < -0.39 is 6.10 Å². The van der Waals surface area contributed by atoms with E-state index in [1.54, 1.807) is 11.8 Å². The van der Waals surface area contributed by atoms with Crippen molar-refractivity contribution in [2.24, 2.45) is 0 Å². The first-order valence-electron chi connectivity index (χ1n) is 4.91. The Morgan fingerprint density at radius 3 is 2.53 bits per heavy atom. The van der Waals surface area contributed by atoms with Crippen LogP contribution in [0.25, 0.3) is 0 Å². The minimum Gasteiger partial charge on any atom is -0.394 e. The largest absolute Gasteiger partial charge is 0.394 e. The van der Waals surface area contributed by atoms with Crippen LogP contribution in [0.5, 0.6) is 0 Å². The second kappa shape index (κ2) is 6.85. The predicted octanol–water partition coefficient (Wildman–Crippen LogP) is 0.851. The van der Waals surface area contributed by atoms with Gasteiger partial charge in [-0.15, -0.1) is 11.8 Å². The number of aliphatic hydroxyl groups is 2. The number of hydrogen-bond acceptors (Lipinski definition) is 4. The van der Waals surface area contributed by atoms with Crippen molar-refractivity contribution in [3.05, 3.63) is 29.8 Å². The lowest BCUT2D eigenvalue weighted by molar-refractivity contribution is 0.113. The Kier molecular flexibility index (Phi) is 5.71. The fraction of sp³-hybridized carbons (Fsp3) is 0.455. The first kappa shape index (κ1) is 12.5. The lowest BCUT2D eigenvalue weighted by atomic mass is 10.2. The topological polar surface area (TPSA) is 52.5 Å². The van der Waals surface area contributed by atoms with Gasteiger partial charge in [0, 0.05) is 17.2 Å². The highest BCUT2D eigenvalue weighted by atomic mass is 32.2. The molecule has 0 aliphatic rings. The van der Waals surface area contributed by atoms with Gasteiger partial charge in [0.2, 0.25) is 0 Å². The molecule has 4 heteroatoms. The molecule has 0 bridgehead atoms. The SMILES string of the molecule is CNCc1ccc(SCC(O)CO)cc1. The number of thioether (sulfide) groups is 1. The van der Waals surface area contributed by atoms with Gasteiger partial charge in [0.05, 0.1) is 12.7 Å². The lowest BCUT2D eigenvalue weighted by Gasteiger charge is -2.07. The first-order valence-corrected chi connectivity index (χ1v) is 5.90. The normalized spacial score (nSPS) is 12.7. The number of benzene rings is 1. The molecule has 1 aromatic carbocycles. The van der Waals surface area contributed by atoms with Crippen LogP contribution in [0.2, 0.25) is 0 Å². The van der Waals surface area contributed by atoms with Gasteiger partial charge < -0.3 is 15.5 Å². The highest BCUT2D eigenvalue weighted by Crippen LogP contribution is 2.19. The molecule has 3 nitrogen and oxygen atoms in total. The van der Waals surface area contributed by atoms with E-state index in [9.17, 15) is 5.11 Å². The van der Waals surface area contributed by atoms with E-state index in [1.807, 2.05) is 19.2 Å². The highest BCUT2D eigenvalue weighted by molar-refractivity contribution is 7.99. The molecule has 0 saturated carbocycles. The van der Waals surface area contributed by atoms with E-state index in [0.717, 1.165) is 11.4 Å². The van der Waals surface area contributed by atoms with E-state index >= 15 is 0 Å². The second-order valence-corrected chi connectivity index (χ2v) is 4.42. The summed E-state index contributed by atoms with van der Waals surface area (Å²) >= 11 is 1.55. The molecule has 15 heavy (non-hydrogen) atoms. The van der Waals surface area contributed by atoms with E-state index in [1.165, 1.54) is 5.56 Å². The lowest BCUT2D eigenvalue weighted by Crippen LogP contribution is -2.14. The summed E-state index contributed by atoms with van der Waals surface area (Å²) in [6.45, 7) is 0.690. The maximum absolute atomic E-state index is 9.18. The highest BCUT2D eigenvalue weighted by Gasteiger charge is 2.02. The van der Waals surface area contributed by atoms with Gasteiger partial charge in [-0.1, -0.05) is 12.1 Å². The van der Waals surface area contributed by atoms with E-state index in [-0.39, 0.29) is 6.61 Å². The number of aliphatic hydroxyl groups excluding tert-OH is 2. The van der Waals surface area contributed by atoms with Crippen LogP contribution in [0.4, 0.5) is 0 Å². The molecule has 1 unspecified atom stereocenters. The van der Waals surface area contributed by atoms with Crippen molar-refractivity contribution in [3.8, 4) is 0 Å². The van der Waals surface area contributed by atoms with Gasteiger partial charge in [0.25, 0.3) is 0 Å². The van der Waals surface area contributed by atoms with Crippen molar-refractivity contribution >= 4 is 11.8 Å². The molecule has 0 aromatic heterocycles. The summed E-state index contributed by atoms with van der Waals surface area (Å²) in [4.78, 5) is 1.11. The summed E-state index contributed by atoms with van der Waals surface area (Å²) in [6, 6.07) is 8.18. The van der Waals surface area contributed by atoms with Crippen LogP contribution in [0.3, 0.4) is 0 Å². The molecular formula is C11H17NO2S. The Hall–Kier alpha value is -0.550. The molecule has 0 heterocycles. The summed E-state index contributed by atoms with van der Waals surface area (Å²) in [6.07, 6.45) is -0.632. The molecule has 0 aliphatic carbocycles. The monoisotopic (exact) mass is 227 g/mol. The average Bonchev–Trinajstić information content (AvgIpc) is 2.28. The fourth-order valence-electron chi connectivity index (χ4n) is 1.15. The molecule has 84 valence electrons. The zero-order valence-electron chi connectivity index (χ0n) is 8.81. The first-order chi connectivity index (χ1) is 7.26. The molecule has 0 spiro atoms. The smallest absolute Gasteiger partial charge is 0.0864 e. The molecular weight excluding hydrogens is 210 g/mol. The molecule has 3 N–H and O–H groups in total. The zero-order valence-corrected chi connectivity index (χ0v) is 9.63. The maximum Gasteiger partial charge on any atom is 0.0864 e. The van der Waals surface area contributed by atoms with Gasteiger partial charge in [-0.25, -0.2) is 0 Å². The summed E-state index contributed by atoms with van der Waals surface area (Å²) < 4.78 is 0. The van der Waals surface area contributed by atoms with Crippen LogP contribution in [-0.4, -0.2) is 35.7 Å². The molecule has 0 aliphatic heterocycles. The Morgan fingerprint density at radius 1 is 1.33 bits per heavy atom. The van der Waals surface area contributed by atoms with Gasteiger partial charge in [-0.3, -0.25) is 0 Å². The molecule has 1 aromatic rings. The molecule has 1 atom stereocenters. The standard InChI is InChI=1S/C11H17NO2S/c1-12-6-9-2-4-11(5-3-9)15-8-10(14)7-13/h2-5,10,12-14H,6-8H2,1H3. The third-order valence-corrected chi connectivity index (χ3v) is 3.11. The predicted molar refractivity (Wildman–Crippen MR) is 63.0 cm³/mol. The molecule has 0 fully saturated rings. The van der Waals surface area contributed by atoms with Crippen LogP contribution in [-0.2, 0) is 6.54 Å². The molecule has 1 rings (SSSR count). The van der Waals surface area contributed by atoms with E-state index in [0.29, 0.717) is 5.75 Å². The second-order valence-electron chi connectivity index (χ2n) is 3.32. The van der Waals surface area contributed by atoms with Gasteiger partial charge in [-0.05, 0) is 24.7 Å². The van der Waals surface area contributed by atoms with Crippen molar-refractivity contribution in [2.45, 2.75) is 17.5 Å². The van der Waals surface area contributed by atoms with Gasteiger partial charge in [-0.2, -0.15) is 0 Å². The summed E-state index contributed by atoms with van der Waals surface area (Å²) in [7, 11) is 1.92. The maximum atomic E-state index is 9.18. The van der Waals surface area contributed by atoms with E-state index in [2.05, 4.69) is 17.4 Å². The minimum absolute atomic E-state index is 0.176. The van der Waals surface area contributed by atoms with Crippen LogP contribution in [0.1, 0.15) is 5.56 Å². The summed E-state index contributed by atoms with van der Waals surface area (Å²) in [5.74, 6) is 0.530. The van der Waals surface area contributed by atoms with Crippen LogP contribution < -0.4 is 5.32 Å². The fourth-order valence-corrected chi connectivity index (χ4v) is 1.97. The summed E-state index contributed by atoms with van der Waals surface area (Å²) in [5.41, 5.74) is 1.24. The number of nitrogens with one attached hydrogen (secondary N) is 1. The number of hydrogen-bond donors (Lipinski definition) is 3. The van der Waals surface area contributed by atoms with Crippen LogP contribution >= 0.6 is 11.8 Å². The zero-order chi connectivity index (χ0) is 11.1. The van der Waals surface area contributed by atoms with E-state index in [4.69, 9.17) is 5.11 Å². The minimum atomic E-state index is -0.632. The summed E-state index contributed by atoms with van der Waals surface area (Å²) in [5, 5.41) is 20.9. The third-order valence-electron chi connectivity index (χ3n) is 1.96. The van der Waals surface area contributed by atoms with Crippen molar-refractivity contribution < 1.29 is 10.2 Å². The van der Waals surface area contributed by atoms with Gasteiger partial charge in [0.1, 0.15) is 0 Å². The quantitative estimate of drug-likeness (QED) is 0.631. The van der Waals surface area contributed by atoms with Crippen LogP contribution in [0.15, 0.2) is 29.2 Å². The van der Waals surface area contributed by atoms with Gasteiger partial charge in [0.15, 0.2) is 0 Å². The Bertz CT molecular complexity index is 276. The van der Waals surface area contributed by atoms with Crippen molar-refractivity contribution in [2.75, 3.05) is 19.4 Å². The number of rotatable bonds is 6. The molecule has 0 saturated heterocycles. The Balaban J connectivity index is 2.42. The molecule has 0 radical (unpaired) electrons. The van der Waals surface area contributed by atoms with Crippen LogP contribution in [0, 0.1) is 0 Å². The third kappa shape index (κ3) is 4.66. The molecule has 0 amide bonds. The van der Waals surface area contributed by atoms with Crippen molar-refractivity contribution in [3.63, 3.8) is 0 Å².